The molecule has 1 aliphatic heterocycles. The molecule has 1 atom stereocenters. The molecule has 2 N–H and O–H groups in total. The van der Waals surface area contributed by atoms with Crippen LogP contribution in [0.2, 0.25) is 0 Å². The third-order valence-electron chi connectivity index (χ3n) is 6.69. The van der Waals surface area contributed by atoms with Crippen LogP contribution in [0.1, 0.15) is 52.0 Å². The second-order valence-corrected chi connectivity index (χ2v) is 12.0. The number of benzene rings is 1. The fraction of sp³-hybridized carbons (Fsp3) is 0.542. The molecule has 0 fully saturated rings. The number of fused-ring (bicyclic) bond motifs is 3. The van der Waals surface area contributed by atoms with E-state index in [0.29, 0.717) is 24.1 Å². The maximum Gasteiger partial charge on any atom is 0.389 e. The first-order chi connectivity index (χ1) is 18.2. The SMILES string of the molecule is CS(=O)(=O)CC(=O)Nc1c2c(nn1CCCOC(F)F)C[C@@]1(CCc3cc(CCC(F)(F)F)ccc31)NC2=O. The summed E-state index contributed by atoms with van der Waals surface area (Å²) >= 11 is 0. The van der Waals surface area contributed by atoms with Crippen molar-refractivity contribution in [2.75, 3.05) is 23.9 Å². The van der Waals surface area contributed by atoms with E-state index in [-0.39, 0.29) is 43.8 Å². The van der Waals surface area contributed by atoms with Crippen LogP contribution in [-0.2, 0) is 50.7 Å². The summed E-state index contributed by atoms with van der Waals surface area (Å²) in [4.78, 5) is 25.8. The Hall–Kier alpha value is -3.07. The molecule has 214 valence electrons. The smallest absolute Gasteiger partial charge is 0.342 e. The van der Waals surface area contributed by atoms with E-state index in [1.54, 1.807) is 18.2 Å². The molecule has 0 saturated carbocycles. The van der Waals surface area contributed by atoms with Crippen molar-refractivity contribution in [1.82, 2.24) is 15.1 Å². The van der Waals surface area contributed by atoms with Crippen molar-refractivity contribution in [3.05, 3.63) is 46.1 Å². The summed E-state index contributed by atoms with van der Waals surface area (Å²) in [7, 11) is -3.68. The maximum atomic E-state index is 13.4. The quantitative estimate of drug-likeness (QED) is 0.330. The second-order valence-electron chi connectivity index (χ2n) is 9.82. The number of ether oxygens (including phenoxy) is 1. The summed E-state index contributed by atoms with van der Waals surface area (Å²) in [5, 5.41) is 9.86. The number of alkyl halides is 5. The molecule has 1 spiro atoms. The van der Waals surface area contributed by atoms with Gasteiger partial charge in [0.25, 0.3) is 5.91 Å². The predicted octanol–water partition coefficient (Wildman–Crippen LogP) is 3.12. The van der Waals surface area contributed by atoms with E-state index in [9.17, 15) is 40.0 Å². The van der Waals surface area contributed by atoms with Crippen molar-refractivity contribution in [2.45, 2.75) is 63.4 Å². The van der Waals surface area contributed by atoms with Crippen LogP contribution in [0.15, 0.2) is 18.2 Å². The van der Waals surface area contributed by atoms with Crippen LogP contribution in [0.5, 0.6) is 0 Å². The molecular weight excluding hydrogens is 551 g/mol. The number of carbonyl (C=O) groups is 2. The molecule has 39 heavy (non-hydrogen) atoms. The highest BCUT2D eigenvalue weighted by atomic mass is 32.2. The molecule has 2 aromatic rings. The van der Waals surface area contributed by atoms with Gasteiger partial charge in [0.2, 0.25) is 5.91 Å². The van der Waals surface area contributed by atoms with Gasteiger partial charge in [-0.1, -0.05) is 18.2 Å². The number of carbonyl (C=O) groups excluding carboxylic acids is 2. The zero-order valence-electron chi connectivity index (χ0n) is 20.9. The summed E-state index contributed by atoms with van der Waals surface area (Å²) in [5.41, 5.74) is 1.61. The number of aromatic nitrogens is 2. The maximum absolute atomic E-state index is 13.4. The molecular formula is C24H27F5N4O5S. The van der Waals surface area contributed by atoms with Crippen LogP contribution in [0.4, 0.5) is 27.8 Å². The Morgan fingerprint density at radius 1 is 1.31 bits per heavy atom. The molecule has 0 radical (unpaired) electrons. The standard InChI is InChI=1S/C24H27F5N4O5S/c1-39(36,37)13-18(34)30-20-19-17(32-33(20)9-2-10-38-22(25)26)12-23(31-21(19)35)7-6-15-11-14(3-4-16(15)23)5-8-24(27,28)29/h3-4,11,22H,2,5-10,12-13H2,1H3,(H,30,34)(H,31,35)/t23-/m1/s1. The van der Waals surface area contributed by atoms with E-state index in [1.165, 1.54) is 4.68 Å². The van der Waals surface area contributed by atoms with Crippen molar-refractivity contribution in [3.63, 3.8) is 0 Å². The third kappa shape index (κ3) is 6.93. The number of hydrogen-bond acceptors (Lipinski definition) is 6. The lowest BCUT2D eigenvalue weighted by Gasteiger charge is -2.35. The Labute approximate surface area is 221 Å². The Morgan fingerprint density at radius 2 is 2.05 bits per heavy atom. The van der Waals surface area contributed by atoms with Crippen LogP contribution in [0.25, 0.3) is 0 Å². The average molecular weight is 579 g/mol. The number of hydrogen-bond donors (Lipinski definition) is 2. The van der Waals surface area contributed by atoms with Gasteiger partial charge in [0.1, 0.15) is 17.1 Å². The van der Waals surface area contributed by atoms with Gasteiger partial charge >= 0.3 is 12.8 Å². The lowest BCUT2D eigenvalue weighted by atomic mass is 9.82. The van der Waals surface area contributed by atoms with Gasteiger partial charge in [-0.2, -0.15) is 27.1 Å². The van der Waals surface area contributed by atoms with Gasteiger partial charge in [0, 0.05) is 25.6 Å². The summed E-state index contributed by atoms with van der Waals surface area (Å²) in [6.45, 7) is -3.29. The minimum atomic E-state index is -4.27. The van der Waals surface area contributed by atoms with Crippen molar-refractivity contribution in [2.24, 2.45) is 0 Å². The van der Waals surface area contributed by atoms with Crippen molar-refractivity contribution >= 4 is 27.5 Å². The largest absolute Gasteiger partial charge is 0.389 e. The summed E-state index contributed by atoms with van der Waals surface area (Å²) in [5.74, 6) is -2.36. The van der Waals surface area contributed by atoms with Gasteiger partial charge in [-0.3, -0.25) is 9.59 Å². The number of amides is 2. The predicted molar refractivity (Wildman–Crippen MR) is 129 cm³/mol. The first kappa shape index (κ1) is 28.9. The molecule has 9 nitrogen and oxygen atoms in total. The number of halogens is 5. The molecule has 1 aliphatic carbocycles. The first-order valence-electron chi connectivity index (χ1n) is 12.1. The third-order valence-corrected chi connectivity index (χ3v) is 7.47. The van der Waals surface area contributed by atoms with Gasteiger partial charge in [-0.25, -0.2) is 13.1 Å². The fourth-order valence-corrected chi connectivity index (χ4v) is 5.67. The minimum absolute atomic E-state index is 0.00631. The van der Waals surface area contributed by atoms with Crippen LogP contribution in [0.3, 0.4) is 0 Å². The Kier molecular flexibility index (Phi) is 8.03. The highest BCUT2D eigenvalue weighted by molar-refractivity contribution is 7.91. The minimum Gasteiger partial charge on any atom is -0.342 e. The van der Waals surface area contributed by atoms with Gasteiger partial charge in [0.05, 0.1) is 17.8 Å². The second kappa shape index (κ2) is 10.8. The molecule has 15 heteroatoms. The normalized spacial score (nSPS) is 18.8. The fourth-order valence-electron chi connectivity index (χ4n) is 5.12. The van der Waals surface area contributed by atoms with E-state index in [0.717, 1.165) is 17.4 Å². The zero-order chi connectivity index (χ0) is 28.6. The summed E-state index contributed by atoms with van der Waals surface area (Å²) < 4.78 is 91.4. The molecule has 0 bridgehead atoms. The van der Waals surface area contributed by atoms with Crippen LogP contribution in [0, 0.1) is 0 Å². The number of sulfone groups is 1. The molecule has 2 aliphatic rings. The van der Waals surface area contributed by atoms with Crippen molar-refractivity contribution in [3.8, 4) is 0 Å². The Bertz CT molecular complexity index is 1380. The molecule has 2 heterocycles. The number of rotatable bonds is 10. The summed E-state index contributed by atoms with van der Waals surface area (Å²) in [6, 6.07) is 5.04. The number of nitrogens with zero attached hydrogens (tertiary/aromatic N) is 2. The van der Waals surface area contributed by atoms with Crippen LogP contribution in [-0.4, -0.2) is 61.4 Å². The molecule has 1 aromatic heterocycles. The van der Waals surface area contributed by atoms with E-state index in [2.05, 4.69) is 20.5 Å². The molecule has 2 amide bonds. The van der Waals surface area contributed by atoms with Crippen molar-refractivity contribution in [1.29, 1.82) is 0 Å². The number of nitrogens with one attached hydrogen (secondary N) is 2. The number of anilines is 1. The van der Waals surface area contributed by atoms with E-state index < -0.39 is 52.2 Å². The molecule has 0 unspecified atom stereocenters. The lowest BCUT2D eigenvalue weighted by Crippen LogP contribution is -2.50. The Balaban J connectivity index is 1.62. The number of aryl methyl sites for hydroxylation is 3. The molecule has 1 aromatic carbocycles. The van der Waals surface area contributed by atoms with Gasteiger partial charge < -0.3 is 15.4 Å². The monoisotopic (exact) mass is 578 g/mol. The Morgan fingerprint density at radius 3 is 2.72 bits per heavy atom. The molecule has 0 saturated heterocycles. The first-order valence-corrected chi connectivity index (χ1v) is 14.2. The zero-order valence-corrected chi connectivity index (χ0v) is 21.7. The van der Waals surface area contributed by atoms with Gasteiger partial charge in [-0.15, -0.1) is 0 Å². The average Bonchev–Trinajstić information content (AvgIpc) is 3.31. The summed E-state index contributed by atoms with van der Waals surface area (Å²) in [6.07, 6.45) is -3.22. The highest BCUT2D eigenvalue weighted by Gasteiger charge is 2.46. The lowest BCUT2D eigenvalue weighted by molar-refractivity contribution is -0.134. The van der Waals surface area contributed by atoms with Crippen LogP contribution < -0.4 is 10.6 Å². The van der Waals surface area contributed by atoms with E-state index >= 15 is 0 Å². The van der Waals surface area contributed by atoms with Crippen molar-refractivity contribution < 1.29 is 44.7 Å². The molecule has 4 rings (SSSR count). The van der Waals surface area contributed by atoms with E-state index in [1.807, 2.05) is 0 Å². The van der Waals surface area contributed by atoms with Gasteiger partial charge in [-0.05, 0) is 42.4 Å². The topological polar surface area (TPSA) is 119 Å². The van der Waals surface area contributed by atoms with E-state index in [4.69, 9.17) is 0 Å². The van der Waals surface area contributed by atoms with Gasteiger partial charge in [0.15, 0.2) is 9.84 Å². The van der Waals surface area contributed by atoms with Crippen LogP contribution >= 0.6 is 0 Å². The highest BCUT2D eigenvalue weighted by Crippen LogP contribution is 2.44.